The van der Waals surface area contributed by atoms with Crippen molar-refractivity contribution in [2.24, 2.45) is 0 Å². The van der Waals surface area contributed by atoms with Gasteiger partial charge in [0.05, 0.1) is 35.2 Å². The first kappa shape index (κ1) is 32.4. The number of pyridine rings is 1. The molecule has 1 unspecified atom stereocenters. The molecule has 1 N–H and O–H groups in total. The first-order chi connectivity index (χ1) is 21.8. The molecule has 0 amide bonds. The molecule has 46 heavy (non-hydrogen) atoms. The van der Waals surface area contributed by atoms with Crippen LogP contribution in [-0.2, 0) is 10.2 Å². The molecule has 0 radical (unpaired) electrons. The Hall–Kier alpha value is -4.96. The van der Waals surface area contributed by atoms with Gasteiger partial charge in [-0.15, -0.1) is 0 Å². The van der Waals surface area contributed by atoms with Gasteiger partial charge in [0, 0.05) is 56.0 Å². The molecular weight excluding hydrogens is 588 g/mol. The third-order valence-corrected chi connectivity index (χ3v) is 8.24. The Balaban J connectivity index is 1.58. The van der Waals surface area contributed by atoms with Crippen LogP contribution in [0.1, 0.15) is 63.3 Å². The maximum Gasteiger partial charge on any atom is 0.343 e. The molecule has 0 aliphatic carbocycles. The van der Waals surface area contributed by atoms with E-state index in [0.29, 0.717) is 48.3 Å². The number of nitro groups is 1. The summed E-state index contributed by atoms with van der Waals surface area (Å²) in [6, 6.07) is 7.11. The average molecular weight is 629 g/mol. The van der Waals surface area contributed by atoms with Crippen LogP contribution in [0.15, 0.2) is 30.5 Å². The Labute approximate surface area is 269 Å². The number of esters is 1. The SMILES string of the molecule is CC#Cc1ccc2c(n1)C(C)(C)CN2c1nc(Nc2cc([N+](=O)[O-])c(N3CCN(C)C(C)C3)cc2OC)ncc1C(=O)OC(C)C. The second-order valence-electron chi connectivity index (χ2n) is 12.5. The van der Waals surface area contributed by atoms with Crippen molar-refractivity contribution < 1.29 is 19.2 Å². The molecule has 1 aromatic carbocycles. The lowest BCUT2D eigenvalue weighted by atomic mass is 9.91. The van der Waals surface area contributed by atoms with Gasteiger partial charge in [0.25, 0.3) is 5.69 Å². The fourth-order valence-corrected chi connectivity index (χ4v) is 5.78. The zero-order chi connectivity index (χ0) is 33.3. The number of likely N-dealkylation sites (N-methyl/N-ethyl adjacent to an activating group) is 1. The van der Waals surface area contributed by atoms with Gasteiger partial charge in [-0.05, 0) is 52.8 Å². The number of nitrogens with one attached hydrogen (secondary N) is 1. The standard InChI is InChI=1S/C33H40N8O5/c1-9-10-22-11-12-25-29(35-22)33(5,6)19-40(25)30-23(31(42)46-20(2)3)17-34-32(37-30)36-24-15-27(41(43)44)26(16-28(24)45-8)39-14-13-38(7)21(4)18-39/h11-12,15-17,20-21H,13-14,18-19H2,1-8H3,(H,34,36,37). The second kappa shape index (κ2) is 12.8. The number of hydrogen-bond donors (Lipinski definition) is 1. The first-order valence-electron chi connectivity index (χ1n) is 15.2. The van der Waals surface area contributed by atoms with Gasteiger partial charge < -0.3 is 29.5 Å². The van der Waals surface area contributed by atoms with E-state index in [1.165, 1.54) is 19.4 Å². The molecule has 1 fully saturated rings. The van der Waals surface area contributed by atoms with Gasteiger partial charge in [0.1, 0.15) is 22.7 Å². The number of methoxy groups -OCH3 is 1. The number of benzene rings is 1. The van der Waals surface area contributed by atoms with Gasteiger partial charge in [-0.1, -0.05) is 19.8 Å². The van der Waals surface area contributed by atoms with Gasteiger partial charge in [0.2, 0.25) is 5.95 Å². The van der Waals surface area contributed by atoms with Crippen molar-refractivity contribution in [3.8, 4) is 17.6 Å². The van der Waals surface area contributed by atoms with Crippen LogP contribution in [0.25, 0.3) is 0 Å². The highest BCUT2D eigenvalue weighted by atomic mass is 16.6. The zero-order valence-corrected chi connectivity index (χ0v) is 27.5. The molecule has 2 aliphatic heterocycles. The van der Waals surface area contributed by atoms with Gasteiger partial charge in [-0.2, -0.15) is 4.98 Å². The summed E-state index contributed by atoms with van der Waals surface area (Å²) in [6.07, 6.45) is 1.05. The fourth-order valence-electron chi connectivity index (χ4n) is 5.78. The minimum absolute atomic E-state index is 0.0651. The number of aromatic nitrogens is 3. The summed E-state index contributed by atoms with van der Waals surface area (Å²) in [5.41, 5.74) is 2.79. The van der Waals surface area contributed by atoms with Gasteiger partial charge in [-0.25, -0.2) is 14.8 Å². The van der Waals surface area contributed by atoms with Crippen molar-refractivity contribution in [3.63, 3.8) is 0 Å². The molecule has 0 saturated carbocycles. The van der Waals surface area contributed by atoms with Crippen molar-refractivity contribution in [2.45, 2.75) is 59.1 Å². The number of carbonyl (C=O) groups is 1. The number of anilines is 5. The van der Waals surface area contributed by atoms with Crippen LogP contribution in [0.3, 0.4) is 0 Å². The summed E-state index contributed by atoms with van der Waals surface area (Å²) >= 11 is 0. The van der Waals surface area contributed by atoms with E-state index in [4.69, 9.17) is 19.4 Å². The highest BCUT2D eigenvalue weighted by Gasteiger charge is 2.40. The van der Waals surface area contributed by atoms with E-state index in [2.05, 4.69) is 47.8 Å². The van der Waals surface area contributed by atoms with E-state index in [1.54, 1.807) is 26.8 Å². The molecule has 5 rings (SSSR count). The molecule has 3 aromatic rings. The van der Waals surface area contributed by atoms with Crippen LogP contribution in [0.4, 0.5) is 34.5 Å². The van der Waals surface area contributed by atoms with E-state index in [0.717, 1.165) is 17.9 Å². The maximum absolute atomic E-state index is 13.3. The average Bonchev–Trinajstić information content (AvgIpc) is 3.27. The Morgan fingerprint density at radius 2 is 1.96 bits per heavy atom. The van der Waals surface area contributed by atoms with Gasteiger partial charge in [-0.3, -0.25) is 10.1 Å². The molecule has 2 aromatic heterocycles. The molecule has 2 aliphatic rings. The van der Waals surface area contributed by atoms with Crippen LogP contribution >= 0.6 is 0 Å². The maximum atomic E-state index is 13.3. The van der Waals surface area contributed by atoms with Crippen molar-refractivity contribution in [3.05, 3.63) is 57.5 Å². The minimum Gasteiger partial charge on any atom is -0.494 e. The summed E-state index contributed by atoms with van der Waals surface area (Å²) in [5, 5.41) is 15.4. The van der Waals surface area contributed by atoms with Crippen LogP contribution in [-0.4, -0.2) is 83.2 Å². The first-order valence-corrected chi connectivity index (χ1v) is 15.2. The number of rotatable bonds is 8. The predicted octanol–water partition coefficient (Wildman–Crippen LogP) is 5.04. The summed E-state index contributed by atoms with van der Waals surface area (Å²) in [4.78, 5) is 45.3. The lowest BCUT2D eigenvalue weighted by Gasteiger charge is -2.38. The van der Waals surface area contributed by atoms with Gasteiger partial charge in [0.15, 0.2) is 5.82 Å². The Morgan fingerprint density at radius 3 is 2.61 bits per heavy atom. The third-order valence-electron chi connectivity index (χ3n) is 8.24. The number of piperazine rings is 1. The lowest BCUT2D eigenvalue weighted by molar-refractivity contribution is -0.384. The van der Waals surface area contributed by atoms with E-state index in [-0.39, 0.29) is 34.8 Å². The minimum atomic E-state index is -0.566. The molecule has 13 heteroatoms. The lowest BCUT2D eigenvalue weighted by Crippen LogP contribution is -2.50. The summed E-state index contributed by atoms with van der Waals surface area (Å²) < 4.78 is 11.2. The van der Waals surface area contributed by atoms with Crippen LogP contribution in [0.2, 0.25) is 0 Å². The van der Waals surface area contributed by atoms with E-state index < -0.39 is 10.9 Å². The third kappa shape index (κ3) is 6.39. The van der Waals surface area contributed by atoms with Crippen molar-refractivity contribution >= 4 is 40.5 Å². The molecule has 4 heterocycles. The fraction of sp³-hybridized carbons (Fsp3) is 0.455. The smallest absolute Gasteiger partial charge is 0.343 e. The summed E-state index contributed by atoms with van der Waals surface area (Å²) in [7, 11) is 3.55. The van der Waals surface area contributed by atoms with E-state index >= 15 is 0 Å². The number of nitro benzene ring substituents is 1. The predicted molar refractivity (Wildman–Crippen MR) is 177 cm³/mol. The largest absolute Gasteiger partial charge is 0.494 e. The van der Waals surface area contributed by atoms with Crippen molar-refractivity contribution in [1.82, 2.24) is 19.9 Å². The molecule has 0 spiro atoms. The summed E-state index contributed by atoms with van der Waals surface area (Å²) in [6.45, 7) is 14.1. The van der Waals surface area contributed by atoms with Gasteiger partial charge >= 0.3 is 5.97 Å². The molecule has 13 nitrogen and oxygen atoms in total. The van der Waals surface area contributed by atoms with Crippen LogP contribution in [0, 0.1) is 22.0 Å². The molecule has 0 bridgehead atoms. The topological polar surface area (TPSA) is 139 Å². The number of ether oxygens (including phenoxy) is 2. The quantitative estimate of drug-likeness (QED) is 0.155. The highest BCUT2D eigenvalue weighted by molar-refractivity contribution is 5.96. The number of hydrogen-bond acceptors (Lipinski definition) is 12. The molecule has 1 atom stereocenters. The Morgan fingerprint density at radius 1 is 1.20 bits per heavy atom. The Bertz CT molecular complexity index is 1730. The highest BCUT2D eigenvalue weighted by Crippen LogP contribution is 2.44. The molecule has 242 valence electrons. The van der Waals surface area contributed by atoms with E-state index in [1.807, 2.05) is 29.0 Å². The van der Waals surface area contributed by atoms with Crippen molar-refractivity contribution in [2.75, 3.05) is 55.5 Å². The zero-order valence-electron chi connectivity index (χ0n) is 27.5. The Kier molecular flexibility index (Phi) is 9.03. The van der Waals surface area contributed by atoms with Crippen LogP contribution in [0.5, 0.6) is 5.75 Å². The molecular formula is C33H40N8O5. The van der Waals surface area contributed by atoms with Crippen molar-refractivity contribution in [1.29, 1.82) is 0 Å². The second-order valence-corrected chi connectivity index (χ2v) is 12.5. The molecule has 1 saturated heterocycles. The normalized spacial score (nSPS) is 17.3. The number of nitrogens with zero attached hydrogens (tertiary/aromatic N) is 7. The number of fused-ring (bicyclic) bond motifs is 1. The summed E-state index contributed by atoms with van der Waals surface area (Å²) in [5.74, 6) is 6.17. The van der Waals surface area contributed by atoms with Crippen LogP contribution < -0.4 is 19.9 Å². The monoisotopic (exact) mass is 628 g/mol. The van der Waals surface area contributed by atoms with E-state index in [9.17, 15) is 14.9 Å². The number of carbonyl (C=O) groups excluding carboxylic acids is 1.